The number of aromatic nitrogens is 7. The molecule has 0 saturated carbocycles. The SMILES string of the molecule is CCn1cc(Br)c(-c2ccnc3cc(C(=O)Nc4ccn(Cc5cccc6ccccc56)n4)nn23)n1. The third kappa shape index (κ3) is 4.05. The van der Waals surface area contributed by atoms with E-state index in [0.29, 0.717) is 18.0 Å². The monoisotopic (exact) mass is 540 g/mol. The molecule has 36 heavy (non-hydrogen) atoms. The van der Waals surface area contributed by atoms with Crippen molar-refractivity contribution in [2.45, 2.75) is 20.0 Å². The predicted molar refractivity (Wildman–Crippen MR) is 141 cm³/mol. The van der Waals surface area contributed by atoms with Gasteiger partial charge in [0.1, 0.15) is 5.69 Å². The van der Waals surface area contributed by atoms with Crippen molar-refractivity contribution < 1.29 is 4.79 Å². The number of anilines is 1. The summed E-state index contributed by atoms with van der Waals surface area (Å²) in [5.74, 6) is 0.0925. The highest BCUT2D eigenvalue weighted by atomic mass is 79.9. The third-order valence-corrected chi connectivity index (χ3v) is 6.55. The van der Waals surface area contributed by atoms with Crippen molar-refractivity contribution in [2.24, 2.45) is 0 Å². The number of nitrogens with one attached hydrogen (secondary N) is 1. The van der Waals surface area contributed by atoms with Crippen LogP contribution < -0.4 is 5.32 Å². The van der Waals surface area contributed by atoms with Crippen LogP contribution in [-0.4, -0.2) is 40.1 Å². The second kappa shape index (κ2) is 9.04. The number of halogens is 1. The molecule has 0 unspecified atom stereocenters. The molecule has 0 fully saturated rings. The first-order valence-electron chi connectivity index (χ1n) is 11.5. The Kier molecular flexibility index (Phi) is 5.57. The topological polar surface area (TPSA) is 94.9 Å². The number of aryl methyl sites for hydroxylation is 1. The first-order valence-corrected chi connectivity index (χ1v) is 12.3. The molecule has 0 bridgehead atoms. The number of hydrogen-bond donors (Lipinski definition) is 1. The highest BCUT2D eigenvalue weighted by Gasteiger charge is 2.18. The van der Waals surface area contributed by atoms with E-state index in [0.717, 1.165) is 28.0 Å². The molecule has 10 heteroatoms. The van der Waals surface area contributed by atoms with Crippen molar-refractivity contribution in [3.05, 3.63) is 95.0 Å². The van der Waals surface area contributed by atoms with E-state index in [1.54, 1.807) is 22.8 Å². The van der Waals surface area contributed by atoms with E-state index in [-0.39, 0.29) is 11.6 Å². The average molecular weight is 541 g/mol. The number of hydrogen-bond acceptors (Lipinski definition) is 5. The van der Waals surface area contributed by atoms with Crippen LogP contribution in [0.25, 0.3) is 27.8 Å². The minimum Gasteiger partial charge on any atom is -0.304 e. The van der Waals surface area contributed by atoms with Gasteiger partial charge in [-0.1, -0.05) is 42.5 Å². The summed E-state index contributed by atoms with van der Waals surface area (Å²) in [6.45, 7) is 3.36. The first kappa shape index (κ1) is 22.2. The summed E-state index contributed by atoms with van der Waals surface area (Å²) in [5, 5.41) is 18.8. The van der Waals surface area contributed by atoms with Gasteiger partial charge in [0, 0.05) is 37.3 Å². The highest BCUT2D eigenvalue weighted by Crippen LogP contribution is 2.27. The largest absolute Gasteiger partial charge is 0.304 e. The molecule has 0 aliphatic carbocycles. The molecule has 9 nitrogen and oxygen atoms in total. The van der Waals surface area contributed by atoms with Crippen molar-refractivity contribution in [3.8, 4) is 11.4 Å². The first-order chi connectivity index (χ1) is 17.6. The summed E-state index contributed by atoms with van der Waals surface area (Å²) < 4.78 is 6.11. The molecule has 0 atom stereocenters. The molecule has 0 aliphatic heterocycles. The van der Waals surface area contributed by atoms with E-state index in [4.69, 9.17) is 0 Å². The van der Waals surface area contributed by atoms with E-state index in [1.807, 2.05) is 52.9 Å². The van der Waals surface area contributed by atoms with Gasteiger partial charge in [0.25, 0.3) is 5.91 Å². The van der Waals surface area contributed by atoms with E-state index >= 15 is 0 Å². The molecular weight excluding hydrogens is 520 g/mol. The Morgan fingerprint density at radius 3 is 2.72 bits per heavy atom. The second-order valence-corrected chi connectivity index (χ2v) is 9.16. The normalized spacial score (nSPS) is 11.4. The van der Waals surface area contributed by atoms with E-state index in [9.17, 15) is 4.79 Å². The third-order valence-electron chi connectivity index (χ3n) is 5.97. The molecule has 4 aromatic heterocycles. The molecule has 2 aromatic carbocycles. The number of fused-ring (bicyclic) bond motifs is 2. The van der Waals surface area contributed by atoms with Gasteiger partial charge in [-0.25, -0.2) is 9.50 Å². The molecule has 0 radical (unpaired) electrons. The average Bonchev–Trinajstić information content (AvgIpc) is 3.62. The summed E-state index contributed by atoms with van der Waals surface area (Å²) in [6.07, 6.45) is 5.44. The lowest BCUT2D eigenvalue weighted by atomic mass is 10.0. The molecule has 4 heterocycles. The molecule has 178 valence electrons. The zero-order chi connectivity index (χ0) is 24.6. The smallest absolute Gasteiger partial charge is 0.277 e. The van der Waals surface area contributed by atoms with Gasteiger partial charge in [-0.15, -0.1) is 0 Å². The van der Waals surface area contributed by atoms with Crippen LogP contribution >= 0.6 is 15.9 Å². The van der Waals surface area contributed by atoms with Gasteiger partial charge in [0.2, 0.25) is 0 Å². The number of carbonyl (C=O) groups excluding carboxylic acids is 1. The van der Waals surface area contributed by atoms with Crippen molar-refractivity contribution in [1.29, 1.82) is 0 Å². The number of carbonyl (C=O) groups is 1. The van der Waals surface area contributed by atoms with E-state index < -0.39 is 0 Å². The van der Waals surface area contributed by atoms with E-state index in [1.165, 1.54) is 10.8 Å². The summed E-state index contributed by atoms with van der Waals surface area (Å²) in [5.41, 5.74) is 3.41. The van der Waals surface area contributed by atoms with Gasteiger partial charge in [0.05, 0.1) is 16.7 Å². The maximum Gasteiger partial charge on any atom is 0.277 e. The van der Waals surface area contributed by atoms with Gasteiger partial charge in [-0.2, -0.15) is 15.3 Å². The molecule has 0 aliphatic rings. The summed E-state index contributed by atoms with van der Waals surface area (Å²) in [7, 11) is 0. The van der Waals surface area contributed by atoms with Gasteiger partial charge in [-0.05, 0) is 45.3 Å². The summed E-state index contributed by atoms with van der Waals surface area (Å²) >= 11 is 3.56. The number of rotatable bonds is 6. The molecule has 1 amide bonds. The van der Waals surface area contributed by atoms with Crippen molar-refractivity contribution in [2.75, 3.05) is 5.32 Å². The fraction of sp³-hybridized carbons (Fsp3) is 0.115. The Balaban J connectivity index is 1.24. The van der Waals surface area contributed by atoms with Crippen LogP contribution in [0, 0.1) is 0 Å². The van der Waals surface area contributed by atoms with Crippen LogP contribution in [0.1, 0.15) is 23.0 Å². The number of nitrogens with zero attached hydrogens (tertiary/aromatic N) is 7. The lowest BCUT2D eigenvalue weighted by Crippen LogP contribution is -2.14. The minimum atomic E-state index is -0.361. The molecular formula is C26H21BrN8O. The molecule has 6 rings (SSSR count). The number of benzene rings is 2. The number of amides is 1. The Morgan fingerprint density at radius 1 is 1.00 bits per heavy atom. The zero-order valence-electron chi connectivity index (χ0n) is 19.3. The molecule has 1 N–H and O–H groups in total. The Bertz CT molecular complexity index is 1730. The maximum absolute atomic E-state index is 13.0. The van der Waals surface area contributed by atoms with Crippen LogP contribution in [0.3, 0.4) is 0 Å². The standard InChI is InChI=1S/C26H21BrN8O/c1-2-33-16-20(27)25(32-33)22-10-12-28-24-14-21(30-35(22)24)26(36)29-23-11-13-34(31-23)15-18-8-5-7-17-6-3-4-9-19(17)18/h3-14,16H,2,15H2,1H3,(H,29,31,36). The van der Waals surface area contributed by atoms with E-state index in [2.05, 4.69) is 65.8 Å². The lowest BCUT2D eigenvalue weighted by Gasteiger charge is -2.06. The highest BCUT2D eigenvalue weighted by molar-refractivity contribution is 9.10. The minimum absolute atomic E-state index is 0.240. The Hall–Kier alpha value is -4.31. The quantitative estimate of drug-likeness (QED) is 0.320. The van der Waals surface area contributed by atoms with Gasteiger partial charge in [-0.3, -0.25) is 14.2 Å². The summed E-state index contributed by atoms with van der Waals surface area (Å²) in [6, 6.07) is 19.7. The molecule has 6 aromatic rings. The maximum atomic E-state index is 13.0. The van der Waals surface area contributed by atoms with Crippen LogP contribution in [-0.2, 0) is 13.1 Å². The predicted octanol–water partition coefficient (Wildman–Crippen LogP) is 5.03. The lowest BCUT2D eigenvalue weighted by molar-refractivity contribution is 0.102. The fourth-order valence-corrected chi connectivity index (χ4v) is 4.74. The second-order valence-electron chi connectivity index (χ2n) is 8.30. The van der Waals surface area contributed by atoms with Crippen molar-refractivity contribution in [1.82, 2.24) is 34.2 Å². The van der Waals surface area contributed by atoms with Crippen LogP contribution in [0.5, 0.6) is 0 Å². The van der Waals surface area contributed by atoms with Gasteiger partial charge >= 0.3 is 0 Å². The van der Waals surface area contributed by atoms with Crippen LogP contribution in [0.15, 0.2) is 83.7 Å². The Morgan fingerprint density at radius 2 is 1.86 bits per heavy atom. The van der Waals surface area contributed by atoms with Crippen molar-refractivity contribution >= 4 is 44.1 Å². The van der Waals surface area contributed by atoms with Crippen LogP contribution in [0.2, 0.25) is 0 Å². The van der Waals surface area contributed by atoms with Crippen molar-refractivity contribution in [3.63, 3.8) is 0 Å². The molecule has 0 saturated heterocycles. The Labute approximate surface area is 214 Å². The molecule has 0 spiro atoms. The van der Waals surface area contributed by atoms with Gasteiger partial charge in [0.15, 0.2) is 17.2 Å². The van der Waals surface area contributed by atoms with Gasteiger partial charge < -0.3 is 5.32 Å². The fourth-order valence-electron chi connectivity index (χ4n) is 4.22. The summed E-state index contributed by atoms with van der Waals surface area (Å²) in [4.78, 5) is 17.4. The zero-order valence-corrected chi connectivity index (χ0v) is 20.9. The van der Waals surface area contributed by atoms with Crippen LogP contribution in [0.4, 0.5) is 5.82 Å².